The van der Waals surface area contributed by atoms with Gasteiger partial charge in [-0.15, -0.1) is 0 Å². The summed E-state index contributed by atoms with van der Waals surface area (Å²) in [6.45, 7) is 6.31. The number of para-hydroxylation sites is 1. The molecule has 35 heavy (non-hydrogen) atoms. The van der Waals surface area contributed by atoms with Crippen LogP contribution in [-0.4, -0.2) is 32.2 Å². The summed E-state index contributed by atoms with van der Waals surface area (Å²) in [6.07, 6.45) is -1.17. The molecule has 1 atom stereocenters. The monoisotopic (exact) mass is 494 g/mol. The van der Waals surface area contributed by atoms with Gasteiger partial charge >= 0.3 is 5.97 Å². The summed E-state index contributed by atoms with van der Waals surface area (Å²) in [5.41, 5.74) is 2.27. The number of ether oxygens (including phenoxy) is 1. The minimum absolute atomic E-state index is 0.0332. The number of aryl methyl sites for hydroxylation is 2. The van der Waals surface area contributed by atoms with Crippen molar-refractivity contribution >= 4 is 39.1 Å². The highest BCUT2D eigenvalue weighted by molar-refractivity contribution is 7.92. The van der Waals surface area contributed by atoms with E-state index in [2.05, 4.69) is 10.0 Å². The predicted molar refractivity (Wildman–Crippen MR) is 133 cm³/mol. The van der Waals surface area contributed by atoms with Gasteiger partial charge in [-0.25, -0.2) is 13.2 Å². The second-order valence-electron chi connectivity index (χ2n) is 8.09. The fraction of sp³-hybridized carbons (Fsp3) is 0.192. The van der Waals surface area contributed by atoms with E-state index < -0.39 is 28.0 Å². The SMILES string of the molecule is CC(=O)c1ccc(NC(=O)C(C)OC(=O)c2ccccc2NS(=O)(=O)c2cc(C)ccc2C)cc1. The molecule has 3 aromatic rings. The van der Waals surface area contributed by atoms with E-state index in [1.165, 1.54) is 26.0 Å². The zero-order valence-corrected chi connectivity index (χ0v) is 20.6. The molecule has 0 radical (unpaired) electrons. The van der Waals surface area contributed by atoms with Gasteiger partial charge in [0.15, 0.2) is 11.9 Å². The number of ketones is 1. The van der Waals surface area contributed by atoms with E-state index in [0.29, 0.717) is 16.8 Å². The number of esters is 1. The van der Waals surface area contributed by atoms with E-state index in [-0.39, 0.29) is 21.9 Å². The largest absolute Gasteiger partial charge is 0.449 e. The van der Waals surface area contributed by atoms with Crippen LogP contribution in [-0.2, 0) is 19.6 Å². The fourth-order valence-electron chi connectivity index (χ4n) is 3.26. The molecule has 3 rings (SSSR count). The van der Waals surface area contributed by atoms with Gasteiger partial charge in [-0.05, 0) is 81.3 Å². The van der Waals surface area contributed by atoms with E-state index in [0.717, 1.165) is 5.56 Å². The van der Waals surface area contributed by atoms with Crippen molar-refractivity contribution in [3.05, 3.63) is 89.0 Å². The molecule has 0 spiro atoms. The minimum Gasteiger partial charge on any atom is -0.449 e. The molecule has 0 saturated carbocycles. The summed E-state index contributed by atoms with van der Waals surface area (Å²) in [7, 11) is -3.98. The van der Waals surface area contributed by atoms with Crippen molar-refractivity contribution in [1.29, 1.82) is 0 Å². The maximum absolute atomic E-state index is 13.0. The van der Waals surface area contributed by atoms with Crippen molar-refractivity contribution in [3.8, 4) is 0 Å². The maximum atomic E-state index is 13.0. The number of carbonyl (C=O) groups excluding carboxylic acids is 3. The maximum Gasteiger partial charge on any atom is 0.341 e. The lowest BCUT2D eigenvalue weighted by atomic mass is 10.1. The fourth-order valence-corrected chi connectivity index (χ4v) is 4.67. The number of Topliss-reactive ketones (excluding diaryl/α,β-unsaturated/α-hetero) is 1. The molecule has 0 aliphatic carbocycles. The quantitative estimate of drug-likeness (QED) is 0.352. The highest BCUT2D eigenvalue weighted by atomic mass is 32.2. The van der Waals surface area contributed by atoms with E-state index in [1.807, 2.05) is 6.07 Å². The van der Waals surface area contributed by atoms with Gasteiger partial charge in [0.25, 0.3) is 15.9 Å². The summed E-state index contributed by atoms with van der Waals surface area (Å²) < 4.78 is 33.7. The number of amides is 1. The molecule has 3 aromatic carbocycles. The molecule has 0 aliphatic rings. The number of benzene rings is 3. The van der Waals surface area contributed by atoms with Crippen LogP contribution in [0, 0.1) is 13.8 Å². The third-order valence-corrected chi connectivity index (χ3v) is 6.74. The number of hydrogen-bond acceptors (Lipinski definition) is 6. The van der Waals surface area contributed by atoms with Crippen molar-refractivity contribution in [2.75, 3.05) is 10.0 Å². The Kier molecular flexibility index (Phi) is 7.71. The van der Waals surface area contributed by atoms with Gasteiger partial charge in [-0.1, -0.05) is 24.3 Å². The topological polar surface area (TPSA) is 119 Å². The predicted octanol–water partition coefficient (Wildman–Crippen LogP) is 4.49. The van der Waals surface area contributed by atoms with Crippen LogP contribution in [0.1, 0.15) is 45.7 Å². The minimum atomic E-state index is -3.98. The van der Waals surface area contributed by atoms with Gasteiger partial charge in [-0.2, -0.15) is 0 Å². The molecular formula is C26H26N2O6S. The Morgan fingerprint density at radius 2 is 1.57 bits per heavy atom. The number of sulfonamides is 1. The summed E-state index contributed by atoms with van der Waals surface area (Å²) in [5, 5.41) is 2.61. The van der Waals surface area contributed by atoms with Crippen LogP contribution in [0.4, 0.5) is 11.4 Å². The zero-order valence-electron chi connectivity index (χ0n) is 19.8. The zero-order chi connectivity index (χ0) is 25.8. The van der Waals surface area contributed by atoms with Crippen LogP contribution in [0.5, 0.6) is 0 Å². The van der Waals surface area contributed by atoms with Crippen LogP contribution in [0.15, 0.2) is 71.6 Å². The first-order chi connectivity index (χ1) is 16.5. The number of anilines is 2. The molecule has 1 unspecified atom stereocenters. The van der Waals surface area contributed by atoms with Gasteiger partial charge in [0.1, 0.15) is 0 Å². The Balaban J connectivity index is 1.74. The molecule has 0 aliphatic heterocycles. The molecule has 8 nitrogen and oxygen atoms in total. The van der Waals surface area contributed by atoms with Crippen LogP contribution >= 0.6 is 0 Å². The molecule has 0 bridgehead atoms. The average molecular weight is 495 g/mol. The van der Waals surface area contributed by atoms with Gasteiger partial charge in [-0.3, -0.25) is 14.3 Å². The number of carbonyl (C=O) groups is 3. The van der Waals surface area contributed by atoms with Crippen molar-refractivity contribution in [2.45, 2.75) is 38.7 Å². The second kappa shape index (κ2) is 10.5. The molecule has 0 saturated heterocycles. The van der Waals surface area contributed by atoms with Gasteiger partial charge in [0, 0.05) is 11.3 Å². The van der Waals surface area contributed by atoms with E-state index in [9.17, 15) is 22.8 Å². The van der Waals surface area contributed by atoms with E-state index in [1.54, 1.807) is 62.4 Å². The standard InChI is InChI=1S/C26H26N2O6S/c1-16-9-10-17(2)24(15-16)35(32,33)28-23-8-6-5-7-22(23)26(31)34-19(4)25(30)27-21-13-11-20(12-14-21)18(3)29/h5-15,19,28H,1-4H3,(H,27,30). The highest BCUT2D eigenvalue weighted by Gasteiger charge is 2.24. The van der Waals surface area contributed by atoms with Gasteiger partial charge < -0.3 is 10.1 Å². The molecule has 9 heteroatoms. The van der Waals surface area contributed by atoms with Gasteiger partial charge in [0.05, 0.1) is 16.1 Å². The van der Waals surface area contributed by atoms with Crippen molar-refractivity contribution < 1.29 is 27.5 Å². The molecule has 2 N–H and O–H groups in total. The molecule has 0 aromatic heterocycles. The van der Waals surface area contributed by atoms with Crippen LogP contribution < -0.4 is 10.0 Å². The van der Waals surface area contributed by atoms with Crippen LogP contribution in [0.25, 0.3) is 0 Å². The average Bonchev–Trinajstić information content (AvgIpc) is 2.80. The number of hydrogen-bond donors (Lipinski definition) is 2. The molecule has 1 amide bonds. The molecule has 0 fully saturated rings. The second-order valence-corrected chi connectivity index (χ2v) is 9.74. The van der Waals surface area contributed by atoms with Crippen molar-refractivity contribution in [3.63, 3.8) is 0 Å². The summed E-state index contributed by atoms with van der Waals surface area (Å²) in [5.74, 6) is -1.54. The van der Waals surface area contributed by atoms with Crippen LogP contribution in [0.3, 0.4) is 0 Å². The lowest BCUT2D eigenvalue weighted by molar-refractivity contribution is -0.123. The van der Waals surface area contributed by atoms with E-state index >= 15 is 0 Å². The Bertz CT molecular complexity index is 1380. The Morgan fingerprint density at radius 3 is 2.23 bits per heavy atom. The number of nitrogens with one attached hydrogen (secondary N) is 2. The Labute approximate surface area is 204 Å². The Hall–Kier alpha value is -3.98. The molecule has 0 heterocycles. The molecular weight excluding hydrogens is 468 g/mol. The first-order valence-electron chi connectivity index (χ1n) is 10.8. The first kappa shape index (κ1) is 25.6. The first-order valence-corrected chi connectivity index (χ1v) is 12.3. The summed E-state index contributed by atoms with van der Waals surface area (Å²) >= 11 is 0. The van der Waals surface area contributed by atoms with E-state index in [4.69, 9.17) is 4.74 Å². The lowest BCUT2D eigenvalue weighted by Crippen LogP contribution is -2.30. The third kappa shape index (κ3) is 6.33. The summed E-state index contributed by atoms with van der Waals surface area (Å²) in [4.78, 5) is 36.8. The Morgan fingerprint density at radius 1 is 0.914 bits per heavy atom. The summed E-state index contributed by atoms with van der Waals surface area (Å²) in [6, 6.07) is 17.4. The van der Waals surface area contributed by atoms with Crippen molar-refractivity contribution in [1.82, 2.24) is 0 Å². The highest BCUT2D eigenvalue weighted by Crippen LogP contribution is 2.24. The third-order valence-electron chi connectivity index (χ3n) is 5.24. The van der Waals surface area contributed by atoms with Gasteiger partial charge in [0.2, 0.25) is 0 Å². The van der Waals surface area contributed by atoms with Crippen molar-refractivity contribution in [2.24, 2.45) is 0 Å². The normalized spacial score (nSPS) is 11.9. The molecule has 182 valence electrons. The van der Waals surface area contributed by atoms with Crippen LogP contribution in [0.2, 0.25) is 0 Å². The lowest BCUT2D eigenvalue weighted by Gasteiger charge is -2.16. The number of rotatable bonds is 8. The smallest absolute Gasteiger partial charge is 0.341 e.